The van der Waals surface area contributed by atoms with Gasteiger partial charge in [0.05, 0.1) is 30.5 Å². The molecular weight excluding hydrogens is 808 g/mol. The number of ether oxygens (including phenoxy) is 4. The van der Waals surface area contributed by atoms with Gasteiger partial charge in [0.25, 0.3) is 0 Å². The first-order valence-electron chi connectivity index (χ1n) is 19.0. The Labute approximate surface area is 351 Å². The largest absolute Gasteiger partial charge is 0.497 e. The molecule has 0 spiro atoms. The van der Waals surface area contributed by atoms with Crippen LogP contribution in [0.4, 0.5) is 21.2 Å². The van der Waals surface area contributed by atoms with Crippen molar-refractivity contribution in [1.82, 2.24) is 19.7 Å². The Morgan fingerprint density at radius 2 is 1.81 bits per heavy atom. The number of hydrogen-bond acceptors (Lipinski definition) is 12. The van der Waals surface area contributed by atoms with E-state index < -0.39 is 19.9 Å². The monoisotopic (exact) mass is 854 g/mol. The maximum absolute atomic E-state index is 14.8. The van der Waals surface area contributed by atoms with Crippen LogP contribution in [0.3, 0.4) is 0 Å². The van der Waals surface area contributed by atoms with E-state index in [1.807, 2.05) is 49.4 Å². The van der Waals surface area contributed by atoms with Gasteiger partial charge in [-0.1, -0.05) is 67.1 Å². The van der Waals surface area contributed by atoms with Crippen LogP contribution in [0.15, 0.2) is 77.8 Å². The Bertz CT molecular complexity index is 2520. The van der Waals surface area contributed by atoms with E-state index in [2.05, 4.69) is 63.4 Å². The molecule has 0 amide bonds. The number of hydrogen-bond donors (Lipinski definition) is 1. The number of carbonyl (C=O) groups is 1. The minimum absolute atomic E-state index is 0.0448. The molecule has 0 saturated carbocycles. The predicted molar refractivity (Wildman–Crippen MR) is 233 cm³/mol. The first-order chi connectivity index (χ1) is 28.4. The van der Waals surface area contributed by atoms with E-state index in [1.165, 1.54) is 23.5 Å². The van der Waals surface area contributed by atoms with Crippen LogP contribution in [-0.2, 0) is 29.2 Å². The fourth-order valence-electron chi connectivity index (χ4n) is 5.70. The standard InChI is InChI=1S/C43H47FN6O6S2Si/c1-29-25-38(47-48-40(29)46-43-50(28-55-23-24-59(4,5)6)34-12-7-8-13-36(34)57-43)49(2)42-45-39(41(51)52)37(58-42)14-10-22-56-35-20-17-30(26-33(35)44)11-9-21-54-27-31-15-18-32(53-3)19-16-31/h7-8,12-13,15-20,25-26H,10,14,21-24,27-28H2,1-6H3,(H,51,52)/b46-43-. The zero-order valence-electron chi connectivity index (χ0n) is 34.0. The van der Waals surface area contributed by atoms with Crippen LogP contribution in [0.1, 0.15) is 38.5 Å². The van der Waals surface area contributed by atoms with Gasteiger partial charge < -0.3 is 29.0 Å². The molecule has 1 N–H and O–H groups in total. The maximum Gasteiger partial charge on any atom is 0.355 e. The van der Waals surface area contributed by atoms with Crippen molar-refractivity contribution < 1.29 is 33.2 Å². The molecule has 12 nitrogen and oxygen atoms in total. The minimum Gasteiger partial charge on any atom is -0.497 e. The third kappa shape index (κ3) is 11.8. The third-order valence-electron chi connectivity index (χ3n) is 9.04. The van der Waals surface area contributed by atoms with Crippen LogP contribution < -0.4 is 19.2 Å². The van der Waals surface area contributed by atoms with E-state index in [-0.39, 0.29) is 24.7 Å². The lowest BCUT2D eigenvalue weighted by Gasteiger charge is -2.16. The fourth-order valence-corrected chi connectivity index (χ4v) is 8.54. The molecule has 0 fully saturated rings. The number of fused-ring (bicyclic) bond motifs is 1. The molecule has 0 atom stereocenters. The van der Waals surface area contributed by atoms with E-state index in [1.54, 1.807) is 36.5 Å². The lowest BCUT2D eigenvalue weighted by Crippen LogP contribution is -2.23. The van der Waals surface area contributed by atoms with Crippen LogP contribution in [0.2, 0.25) is 25.7 Å². The van der Waals surface area contributed by atoms with Gasteiger partial charge in [-0.05, 0) is 85.5 Å². The SMILES string of the molecule is COc1ccc(COCC#Cc2ccc(OCCCc3sc(N(C)c4cc(C)c(/N=c5\sc6ccccc6n5COCC[Si](C)(C)C)nn4)nc3C(=O)O)c(F)c2)cc1. The van der Waals surface area contributed by atoms with E-state index >= 15 is 0 Å². The summed E-state index contributed by atoms with van der Waals surface area (Å²) in [5, 5.41) is 19.3. The molecule has 6 aromatic rings. The van der Waals surface area contributed by atoms with E-state index in [0.29, 0.717) is 60.0 Å². The number of aryl methyl sites for hydroxylation is 2. The Morgan fingerprint density at radius 3 is 2.54 bits per heavy atom. The maximum atomic E-state index is 14.8. The number of thiazole rings is 2. The number of carboxylic acid groups (broad SMARTS) is 1. The van der Waals surface area contributed by atoms with Gasteiger partial charge in [-0.2, -0.15) is 4.99 Å². The second-order valence-electron chi connectivity index (χ2n) is 14.8. The van der Waals surface area contributed by atoms with Crippen molar-refractivity contribution in [3.05, 3.63) is 111 Å². The highest BCUT2D eigenvalue weighted by atomic mass is 32.1. The number of aromatic carboxylic acids is 1. The van der Waals surface area contributed by atoms with Gasteiger partial charge in [0.15, 0.2) is 38.8 Å². The number of rotatable bonds is 18. The number of nitrogens with zero attached hydrogens (tertiary/aromatic N) is 6. The number of aromatic nitrogens is 4. The van der Waals surface area contributed by atoms with E-state index in [0.717, 1.165) is 37.9 Å². The highest BCUT2D eigenvalue weighted by Crippen LogP contribution is 2.32. The molecule has 59 heavy (non-hydrogen) atoms. The van der Waals surface area contributed by atoms with Crippen molar-refractivity contribution in [3.8, 4) is 23.3 Å². The second-order valence-corrected chi connectivity index (χ2v) is 22.5. The molecule has 6 rings (SSSR count). The zero-order valence-corrected chi connectivity index (χ0v) is 36.6. The highest BCUT2D eigenvalue weighted by molar-refractivity contribution is 7.16. The number of methoxy groups -OCH3 is 1. The summed E-state index contributed by atoms with van der Waals surface area (Å²) in [6, 6.07) is 23.2. The smallest absolute Gasteiger partial charge is 0.355 e. The Morgan fingerprint density at radius 1 is 1.02 bits per heavy atom. The summed E-state index contributed by atoms with van der Waals surface area (Å²) in [4.78, 5) is 24.5. The Balaban J connectivity index is 1.05. The van der Waals surface area contributed by atoms with Crippen LogP contribution in [-0.4, -0.2) is 72.9 Å². The number of halogens is 1. The minimum atomic E-state index is -1.23. The van der Waals surface area contributed by atoms with Crippen molar-refractivity contribution in [1.29, 1.82) is 0 Å². The third-order valence-corrected chi connectivity index (χ3v) is 13.0. The molecule has 308 valence electrons. The Kier molecular flexibility index (Phi) is 14.6. The quantitative estimate of drug-likeness (QED) is 0.0508. The molecule has 0 aliphatic carbocycles. The summed E-state index contributed by atoms with van der Waals surface area (Å²) in [6.45, 7) is 10.7. The van der Waals surface area contributed by atoms with Crippen molar-refractivity contribution in [2.45, 2.75) is 58.8 Å². The summed E-state index contributed by atoms with van der Waals surface area (Å²) in [7, 11) is 2.15. The molecule has 3 aromatic heterocycles. The lowest BCUT2D eigenvalue weighted by molar-refractivity contribution is 0.0690. The summed E-state index contributed by atoms with van der Waals surface area (Å²) in [5.74, 6) is 5.96. The average molecular weight is 855 g/mol. The van der Waals surface area contributed by atoms with Crippen molar-refractivity contribution in [2.24, 2.45) is 4.99 Å². The normalized spacial score (nSPS) is 11.7. The molecular formula is C43H47FN6O6S2Si. The van der Waals surface area contributed by atoms with Gasteiger partial charge in [-0.25, -0.2) is 14.2 Å². The van der Waals surface area contributed by atoms with Crippen molar-refractivity contribution >= 4 is 63.7 Å². The molecule has 16 heteroatoms. The van der Waals surface area contributed by atoms with Gasteiger partial charge in [0.1, 0.15) is 19.1 Å². The summed E-state index contributed by atoms with van der Waals surface area (Å²) in [6.07, 6.45) is 0.808. The van der Waals surface area contributed by atoms with E-state index in [9.17, 15) is 14.3 Å². The van der Waals surface area contributed by atoms with Crippen molar-refractivity contribution in [2.75, 3.05) is 38.9 Å². The predicted octanol–water partition coefficient (Wildman–Crippen LogP) is 9.00. The van der Waals surface area contributed by atoms with Crippen molar-refractivity contribution in [3.63, 3.8) is 0 Å². The fraction of sp³-hybridized carbons (Fsp3) is 0.326. The van der Waals surface area contributed by atoms with Gasteiger partial charge in [-0.3, -0.25) is 4.57 Å². The van der Waals surface area contributed by atoms with Crippen LogP contribution in [0.5, 0.6) is 11.5 Å². The first kappa shape index (κ1) is 43.1. The molecule has 3 aromatic carbocycles. The number of para-hydroxylation sites is 1. The summed E-state index contributed by atoms with van der Waals surface area (Å²) in [5.41, 5.74) is 3.28. The highest BCUT2D eigenvalue weighted by Gasteiger charge is 2.21. The van der Waals surface area contributed by atoms with Crippen LogP contribution in [0.25, 0.3) is 10.2 Å². The first-order valence-corrected chi connectivity index (χ1v) is 24.4. The molecule has 0 unspecified atom stereocenters. The molecule has 0 aliphatic rings. The van der Waals surface area contributed by atoms with Gasteiger partial charge >= 0.3 is 5.97 Å². The molecule has 0 bridgehead atoms. The topological polar surface area (TPSA) is 133 Å². The molecule has 0 radical (unpaired) electrons. The van der Waals surface area contributed by atoms with Gasteiger partial charge in [0.2, 0.25) is 0 Å². The number of benzene rings is 3. The lowest BCUT2D eigenvalue weighted by atomic mass is 10.2. The second kappa shape index (κ2) is 20.0. The molecule has 3 heterocycles. The van der Waals surface area contributed by atoms with E-state index in [4.69, 9.17) is 23.9 Å². The summed E-state index contributed by atoms with van der Waals surface area (Å²) >= 11 is 2.81. The zero-order chi connectivity index (χ0) is 41.9. The number of anilines is 2. The van der Waals surface area contributed by atoms with Crippen LogP contribution >= 0.6 is 22.7 Å². The Hall–Kier alpha value is -5.44. The number of carboxylic acids is 1. The molecule has 0 saturated heterocycles. The average Bonchev–Trinajstić information content (AvgIpc) is 3.80. The van der Waals surface area contributed by atoms with Crippen LogP contribution in [0, 0.1) is 24.6 Å². The van der Waals surface area contributed by atoms with Gasteiger partial charge in [0, 0.05) is 32.2 Å². The molecule has 0 aliphatic heterocycles. The summed E-state index contributed by atoms with van der Waals surface area (Å²) < 4.78 is 40.6. The van der Waals surface area contributed by atoms with Gasteiger partial charge in [-0.15, -0.1) is 21.5 Å².